The van der Waals surface area contributed by atoms with Gasteiger partial charge < -0.3 is 19.0 Å². The quantitative estimate of drug-likeness (QED) is 0.477. The monoisotopic (exact) mass is 478 g/mol. The highest BCUT2D eigenvalue weighted by Gasteiger charge is 2.80. The van der Waals surface area contributed by atoms with Crippen LogP contribution in [0.2, 0.25) is 18.1 Å². The van der Waals surface area contributed by atoms with Crippen LogP contribution < -0.4 is 0 Å². The van der Waals surface area contributed by atoms with Gasteiger partial charge in [-0.3, -0.25) is 4.79 Å². The molecule has 5 nitrogen and oxygen atoms in total. The van der Waals surface area contributed by atoms with Gasteiger partial charge >= 0.3 is 0 Å². The molecule has 188 valence electrons. The van der Waals surface area contributed by atoms with Gasteiger partial charge in [0.25, 0.3) is 0 Å². The van der Waals surface area contributed by atoms with Crippen molar-refractivity contribution in [2.75, 3.05) is 0 Å². The van der Waals surface area contributed by atoms with E-state index < -0.39 is 19.3 Å². The van der Waals surface area contributed by atoms with Gasteiger partial charge in [0, 0.05) is 12.0 Å². The fraction of sp³-hybridized carbons (Fsp3) is 0.889. The van der Waals surface area contributed by atoms with Crippen molar-refractivity contribution in [2.24, 2.45) is 23.2 Å². The predicted octanol–water partition coefficient (Wildman–Crippen LogP) is 5.97. The minimum Gasteiger partial charge on any atom is -0.488 e. The van der Waals surface area contributed by atoms with Crippen LogP contribution in [0.4, 0.5) is 0 Å². The molecule has 3 fully saturated rings. The Labute approximate surface area is 201 Å². The van der Waals surface area contributed by atoms with E-state index >= 15 is 0 Å². The number of hydrogen-bond donors (Lipinski definition) is 1. The van der Waals surface area contributed by atoms with Crippen LogP contribution in [0.5, 0.6) is 0 Å². The van der Waals surface area contributed by atoms with E-state index in [0.29, 0.717) is 17.9 Å². The van der Waals surface area contributed by atoms with Crippen molar-refractivity contribution >= 4 is 14.1 Å². The van der Waals surface area contributed by atoms with E-state index in [2.05, 4.69) is 33.9 Å². The largest absolute Gasteiger partial charge is 0.488 e. The van der Waals surface area contributed by atoms with Gasteiger partial charge in [0.2, 0.25) is 11.5 Å². The number of Topliss-reactive ketones (excluding diaryl/α,β-unsaturated/α-hetero) is 1. The molecule has 6 atom stereocenters. The highest BCUT2D eigenvalue weighted by molar-refractivity contribution is 6.74. The molecule has 0 unspecified atom stereocenters. The number of aliphatic hydroxyl groups is 1. The van der Waals surface area contributed by atoms with Crippen LogP contribution in [0.1, 0.15) is 87.0 Å². The molecule has 0 aromatic carbocycles. The lowest BCUT2D eigenvalue weighted by Gasteiger charge is -2.46. The minimum atomic E-state index is -1.99. The normalized spacial score (nSPS) is 38.7. The predicted molar refractivity (Wildman–Crippen MR) is 132 cm³/mol. The Morgan fingerprint density at radius 2 is 1.58 bits per heavy atom. The van der Waals surface area contributed by atoms with Crippen molar-refractivity contribution in [1.29, 1.82) is 0 Å². The molecule has 0 bridgehead atoms. The molecule has 4 aliphatic carbocycles. The lowest BCUT2D eigenvalue weighted by molar-refractivity contribution is -0.143. The van der Waals surface area contributed by atoms with Crippen LogP contribution in [0, 0.1) is 23.2 Å². The van der Waals surface area contributed by atoms with E-state index in [1.165, 1.54) is 0 Å². The molecule has 1 spiro atoms. The summed E-state index contributed by atoms with van der Waals surface area (Å²) in [6.45, 7) is 19.3. The van der Waals surface area contributed by atoms with E-state index in [4.69, 9.17) is 13.9 Å². The van der Waals surface area contributed by atoms with E-state index in [-0.39, 0.29) is 46.9 Å². The molecule has 3 saturated carbocycles. The van der Waals surface area contributed by atoms with E-state index in [1.807, 2.05) is 27.7 Å². The second-order valence-corrected chi connectivity index (χ2v) is 17.8. The summed E-state index contributed by atoms with van der Waals surface area (Å²) in [4.78, 5) is 14.2. The fourth-order valence-electron chi connectivity index (χ4n) is 7.29. The first-order chi connectivity index (χ1) is 15.2. The third-order valence-electron chi connectivity index (χ3n) is 9.42. The zero-order valence-corrected chi connectivity index (χ0v) is 23.3. The lowest BCUT2D eigenvalue weighted by atomic mass is 9.68. The first kappa shape index (κ1) is 25.2. The van der Waals surface area contributed by atoms with E-state index in [1.54, 1.807) is 0 Å². The molecule has 6 heteroatoms. The Morgan fingerprint density at radius 1 is 0.970 bits per heavy atom. The van der Waals surface area contributed by atoms with E-state index in [9.17, 15) is 9.90 Å². The van der Waals surface area contributed by atoms with Gasteiger partial charge in [-0.1, -0.05) is 33.6 Å². The van der Waals surface area contributed by atoms with Crippen molar-refractivity contribution in [3.8, 4) is 0 Å². The number of carbonyl (C=O) groups excluding carboxylic acids is 1. The number of ketones is 1. The molecule has 1 N–H and O–H groups in total. The molecular formula is C27H46O5Si. The SMILES string of the molecule is CC(C)OC1=C(OC(C)C)[C@]2(O)[C@@H]3CCC[C@@H](O[Si](C)(C)C(C)(C)C)[C@H]3[C@H]3CCC[C@]32C1=O. The first-order valence-corrected chi connectivity index (χ1v) is 16.1. The maximum atomic E-state index is 14.2. The Bertz CT molecular complexity index is 825. The molecule has 0 aliphatic heterocycles. The summed E-state index contributed by atoms with van der Waals surface area (Å²) < 4.78 is 19.4. The number of carbonyl (C=O) groups is 1. The Hall–Kier alpha value is -0.853. The number of allylic oxidation sites excluding steroid dienone is 1. The van der Waals surface area contributed by atoms with Gasteiger partial charge in [-0.15, -0.1) is 0 Å². The van der Waals surface area contributed by atoms with Gasteiger partial charge in [0.05, 0.1) is 17.6 Å². The van der Waals surface area contributed by atoms with Gasteiger partial charge in [0.1, 0.15) is 5.60 Å². The van der Waals surface area contributed by atoms with Crippen LogP contribution in [-0.4, -0.2) is 43.1 Å². The molecule has 4 aliphatic rings. The molecule has 0 aromatic heterocycles. The Kier molecular flexibility index (Phi) is 6.19. The second-order valence-electron chi connectivity index (χ2n) is 13.1. The third-order valence-corrected chi connectivity index (χ3v) is 13.9. The van der Waals surface area contributed by atoms with Gasteiger partial charge in [-0.25, -0.2) is 0 Å². The molecule has 0 saturated heterocycles. The zero-order chi connectivity index (χ0) is 24.6. The maximum absolute atomic E-state index is 14.2. The van der Waals surface area contributed by atoms with Crippen molar-refractivity contribution in [1.82, 2.24) is 0 Å². The summed E-state index contributed by atoms with van der Waals surface area (Å²) in [5.74, 6) is 0.974. The van der Waals surface area contributed by atoms with Gasteiger partial charge in [-0.2, -0.15) is 0 Å². The number of rotatable bonds is 6. The van der Waals surface area contributed by atoms with Crippen LogP contribution in [-0.2, 0) is 18.7 Å². The third kappa shape index (κ3) is 3.48. The summed E-state index contributed by atoms with van der Waals surface area (Å²) in [7, 11) is -1.99. The number of ether oxygens (including phenoxy) is 2. The van der Waals surface area contributed by atoms with Crippen LogP contribution in [0.3, 0.4) is 0 Å². The molecular weight excluding hydrogens is 432 g/mol. The standard InChI is InChI=1S/C27H46O5Si/c1-16(2)30-22-23(28)26-15-11-13-18(26)21-19(27(26,29)24(22)31-17(3)4)12-10-14-20(21)32-33(8,9)25(5,6)7/h16-21,29H,10-15H2,1-9H3/t18-,19-,20-,21+,26-,27-/m1/s1. The zero-order valence-electron chi connectivity index (χ0n) is 22.3. The summed E-state index contributed by atoms with van der Waals surface area (Å²) in [5.41, 5.74) is -2.12. The fourth-order valence-corrected chi connectivity index (χ4v) is 8.67. The van der Waals surface area contributed by atoms with Crippen molar-refractivity contribution in [2.45, 2.75) is 129 Å². The lowest BCUT2D eigenvalue weighted by Crippen LogP contribution is -2.52. The van der Waals surface area contributed by atoms with Gasteiger partial charge in [0.15, 0.2) is 14.1 Å². The summed E-state index contributed by atoms with van der Waals surface area (Å²) in [5, 5.41) is 12.8. The van der Waals surface area contributed by atoms with Crippen molar-refractivity contribution < 1.29 is 23.8 Å². The number of fused-ring (bicyclic) bond motifs is 3. The van der Waals surface area contributed by atoms with Crippen LogP contribution in [0.15, 0.2) is 11.5 Å². The number of hydrogen-bond acceptors (Lipinski definition) is 5. The molecule has 33 heavy (non-hydrogen) atoms. The Balaban J connectivity index is 1.82. The average molecular weight is 479 g/mol. The smallest absolute Gasteiger partial charge is 0.210 e. The second kappa shape index (κ2) is 8.09. The van der Waals surface area contributed by atoms with E-state index in [0.717, 1.165) is 32.1 Å². The molecule has 0 radical (unpaired) electrons. The summed E-state index contributed by atoms with van der Waals surface area (Å²) in [6.07, 6.45) is 5.38. The average Bonchev–Trinajstić information content (AvgIpc) is 3.25. The summed E-state index contributed by atoms with van der Waals surface area (Å²) in [6, 6.07) is 0. The molecule has 0 amide bonds. The summed E-state index contributed by atoms with van der Waals surface area (Å²) >= 11 is 0. The van der Waals surface area contributed by atoms with Crippen molar-refractivity contribution in [3.05, 3.63) is 11.5 Å². The van der Waals surface area contributed by atoms with Crippen LogP contribution >= 0.6 is 0 Å². The molecule has 0 heterocycles. The first-order valence-electron chi connectivity index (χ1n) is 13.2. The maximum Gasteiger partial charge on any atom is 0.210 e. The molecule has 4 rings (SSSR count). The van der Waals surface area contributed by atoms with Crippen molar-refractivity contribution in [3.63, 3.8) is 0 Å². The highest BCUT2D eigenvalue weighted by Crippen LogP contribution is 2.73. The topological polar surface area (TPSA) is 65.0 Å². The van der Waals surface area contributed by atoms with Gasteiger partial charge in [-0.05, 0) is 83.3 Å². The molecule has 0 aromatic rings. The highest BCUT2D eigenvalue weighted by atomic mass is 28.4. The minimum absolute atomic E-state index is 0.0164. The Morgan fingerprint density at radius 3 is 2.15 bits per heavy atom. The van der Waals surface area contributed by atoms with Crippen LogP contribution in [0.25, 0.3) is 0 Å².